The van der Waals surface area contributed by atoms with Crippen molar-refractivity contribution in [3.05, 3.63) is 35.9 Å². The van der Waals surface area contributed by atoms with E-state index in [0.29, 0.717) is 31.9 Å². The van der Waals surface area contributed by atoms with Crippen molar-refractivity contribution in [3.8, 4) is 0 Å². The molecule has 1 saturated heterocycles. The first-order chi connectivity index (χ1) is 12.8. The number of piperidine rings is 1. The number of benzene rings is 1. The smallest absolute Gasteiger partial charge is 0.243 e. The summed E-state index contributed by atoms with van der Waals surface area (Å²) in [5.41, 5.74) is 2.51. The van der Waals surface area contributed by atoms with Gasteiger partial charge >= 0.3 is 0 Å². The lowest BCUT2D eigenvalue weighted by Crippen LogP contribution is -2.36. The second-order valence-corrected chi connectivity index (χ2v) is 9.10. The third-order valence-electron chi connectivity index (χ3n) is 4.79. The highest BCUT2D eigenvalue weighted by molar-refractivity contribution is 7.89. The van der Waals surface area contributed by atoms with Crippen molar-refractivity contribution in [2.24, 2.45) is 0 Å². The van der Waals surface area contributed by atoms with E-state index in [-0.39, 0.29) is 17.3 Å². The second-order valence-electron chi connectivity index (χ2n) is 7.16. The summed E-state index contributed by atoms with van der Waals surface area (Å²) in [6.07, 6.45) is 2.88. The molecule has 1 amide bonds. The summed E-state index contributed by atoms with van der Waals surface area (Å²) in [6, 6.07) is 5.07. The molecular weight excluding hydrogens is 362 g/mol. The van der Waals surface area contributed by atoms with Gasteiger partial charge in [-0.15, -0.1) is 0 Å². The quantitative estimate of drug-likeness (QED) is 0.689. The van der Waals surface area contributed by atoms with Gasteiger partial charge in [0.2, 0.25) is 15.9 Å². The molecule has 0 bridgehead atoms. The molecule has 1 fully saturated rings. The lowest BCUT2D eigenvalue weighted by atomic mass is 10.2. The van der Waals surface area contributed by atoms with E-state index in [4.69, 9.17) is 0 Å². The number of nitrogens with zero attached hydrogens (tertiary/aromatic N) is 2. The Hall–Kier alpha value is -1.86. The van der Waals surface area contributed by atoms with Crippen LogP contribution in [-0.2, 0) is 14.8 Å². The van der Waals surface area contributed by atoms with E-state index in [9.17, 15) is 13.2 Å². The van der Waals surface area contributed by atoms with Crippen molar-refractivity contribution < 1.29 is 13.2 Å². The number of carbonyl (C=O) groups is 1. The molecule has 1 aromatic carbocycles. The molecule has 7 heteroatoms. The number of anilines is 1. The Morgan fingerprint density at radius 3 is 2.52 bits per heavy atom. The van der Waals surface area contributed by atoms with Gasteiger partial charge in [-0.2, -0.15) is 4.31 Å². The van der Waals surface area contributed by atoms with Gasteiger partial charge in [0.25, 0.3) is 0 Å². The maximum atomic E-state index is 12.9. The first-order valence-electron chi connectivity index (χ1n) is 9.52. The zero-order valence-electron chi connectivity index (χ0n) is 16.6. The SMILES string of the molecule is C=C(C)CN(CC)C(=O)CNc1cc(S(=O)(=O)N2CCCCC2)ccc1C. The summed E-state index contributed by atoms with van der Waals surface area (Å²) in [6.45, 7) is 12.0. The molecule has 1 aromatic rings. The maximum absolute atomic E-state index is 12.9. The third-order valence-corrected chi connectivity index (χ3v) is 6.68. The van der Waals surface area contributed by atoms with Crippen LogP contribution >= 0.6 is 0 Å². The Kier molecular flexibility index (Phi) is 7.44. The molecule has 0 saturated carbocycles. The van der Waals surface area contributed by atoms with Crippen molar-refractivity contribution in [2.45, 2.75) is 44.9 Å². The molecule has 0 aliphatic carbocycles. The number of rotatable bonds is 8. The van der Waals surface area contributed by atoms with Crippen LogP contribution in [0.3, 0.4) is 0 Å². The Labute approximate surface area is 163 Å². The van der Waals surface area contributed by atoms with Crippen molar-refractivity contribution >= 4 is 21.6 Å². The number of sulfonamides is 1. The number of likely N-dealkylation sites (N-methyl/N-ethyl adjacent to an activating group) is 1. The van der Waals surface area contributed by atoms with E-state index in [1.807, 2.05) is 20.8 Å². The number of aryl methyl sites for hydroxylation is 1. The van der Waals surface area contributed by atoms with E-state index in [1.165, 1.54) is 0 Å². The molecule has 0 aromatic heterocycles. The minimum Gasteiger partial charge on any atom is -0.376 e. The van der Waals surface area contributed by atoms with Gasteiger partial charge in [-0.25, -0.2) is 8.42 Å². The largest absolute Gasteiger partial charge is 0.376 e. The minimum absolute atomic E-state index is 0.0378. The van der Waals surface area contributed by atoms with Gasteiger partial charge in [-0.05, 0) is 51.3 Å². The fourth-order valence-corrected chi connectivity index (χ4v) is 4.73. The maximum Gasteiger partial charge on any atom is 0.243 e. The van der Waals surface area contributed by atoms with Gasteiger partial charge in [0.1, 0.15) is 0 Å². The summed E-state index contributed by atoms with van der Waals surface area (Å²) in [7, 11) is -3.49. The standard InChI is InChI=1S/C20H31N3O3S/c1-5-22(15-16(2)3)20(24)14-21-19-13-18(10-9-17(19)4)27(25,26)23-11-7-6-8-12-23/h9-10,13,21H,2,5-8,11-12,14-15H2,1,3-4H3. The lowest BCUT2D eigenvalue weighted by Gasteiger charge is -2.26. The van der Waals surface area contributed by atoms with Gasteiger partial charge in [0.15, 0.2) is 0 Å². The highest BCUT2D eigenvalue weighted by atomic mass is 32.2. The summed E-state index contributed by atoms with van der Waals surface area (Å²) in [5.74, 6) is -0.0378. The van der Waals surface area contributed by atoms with Crippen LogP contribution in [0.1, 0.15) is 38.7 Å². The average Bonchev–Trinajstić information content (AvgIpc) is 2.65. The van der Waals surface area contributed by atoms with Crippen LogP contribution < -0.4 is 5.32 Å². The molecule has 2 rings (SSSR count). The van der Waals surface area contributed by atoms with E-state index in [0.717, 1.165) is 30.4 Å². The molecular formula is C20H31N3O3S. The predicted molar refractivity (Wildman–Crippen MR) is 109 cm³/mol. The van der Waals surface area contributed by atoms with E-state index in [1.54, 1.807) is 27.4 Å². The lowest BCUT2D eigenvalue weighted by molar-refractivity contribution is -0.128. The molecule has 0 spiro atoms. The Morgan fingerprint density at radius 2 is 1.93 bits per heavy atom. The van der Waals surface area contributed by atoms with Crippen LogP contribution in [0.5, 0.6) is 0 Å². The first kappa shape index (κ1) is 21.4. The highest BCUT2D eigenvalue weighted by Crippen LogP contribution is 2.25. The van der Waals surface area contributed by atoms with Crippen LogP contribution in [0.2, 0.25) is 0 Å². The Balaban J connectivity index is 2.13. The second kappa shape index (κ2) is 9.37. The molecule has 0 atom stereocenters. The summed E-state index contributed by atoms with van der Waals surface area (Å²) >= 11 is 0. The van der Waals surface area contributed by atoms with Crippen LogP contribution in [0.25, 0.3) is 0 Å². The Bertz CT molecular complexity index is 784. The first-order valence-corrected chi connectivity index (χ1v) is 11.0. The van der Waals surface area contributed by atoms with Crippen LogP contribution in [0.15, 0.2) is 35.2 Å². The zero-order chi connectivity index (χ0) is 20.0. The average molecular weight is 394 g/mol. The third kappa shape index (κ3) is 5.56. The molecule has 27 heavy (non-hydrogen) atoms. The Morgan fingerprint density at radius 1 is 1.26 bits per heavy atom. The van der Waals surface area contributed by atoms with E-state index >= 15 is 0 Å². The van der Waals surface area contributed by atoms with Crippen molar-refractivity contribution in [2.75, 3.05) is 38.0 Å². The molecule has 1 aliphatic heterocycles. The van der Waals surface area contributed by atoms with Gasteiger partial charge in [-0.3, -0.25) is 4.79 Å². The van der Waals surface area contributed by atoms with Crippen LogP contribution in [0, 0.1) is 6.92 Å². The fourth-order valence-electron chi connectivity index (χ4n) is 3.19. The minimum atomic E-state index is -3.49. The van der Waals surface area contributed by atoms with Gasteiger partial charge in [0, 0.05) is 31.9 Å². The van der Waals surface area contributed by atoms with Gasteiger partial charge in [0.05, 0.1) is 11.4 Å². The van der Waals surface area contributed by atoms with E-state index < -0.39 is 10.0 Å². The normalized spacial score (nSPS) is 15.4. The van der Waals surface area contributed by atoms with Crippen molar-refractivity contribution in [1.29, 1.82) is 0 Å². The fraction of sp³-hybridized carbons (Fsp3) is 0.550. The molecule has 6 nitrogen and oxygen atoms in total. The number of hydrogen-bond donors (Lipinski definition) is 1. The summed E-state index contributed by atoms with van der Waals surface area (Å²) in [4.78, 5) is 14.4. The highest BCUT2D eigenvalue weighted by Gasteiger charge is 2.26. The molecule has 0 unspecified atom stereocenters. The van der Waals surface area contributed by atoms with Crippen LogP contribution in [0.4, 0.5) is 5.69 Å². The monoisotopic (exact) mass is 393 g/mol. The zero-order valence-corrected chi connectivity index (χ0v) is 17.4. The van der Waals surface area contributed by atoms with Crippen molar-refractivity contribution in [1.82, 2.24) is 9.21 Å². The molecule has 0 radical (unpaired) electrons. The number of nitrogens with one attached hydrogen (secondary N) is 1. The number of amides is 1. The topological polar surface area (TPSA) is 69.7 Å². The predicted octanol–water partition coefficient (Wildman–Crippen LogP) is 3.01. The number of carbonyl (C=O) groups excluding carboxylic acids is 1. The van der Waals surface area contributed by atoms with Crippen molar-refractivity contribution in [3.63, 3.8) is 0 Å². The van der Waals surface area contributed by atoms with Crippen LogP contribution in [-0.4, -0.2) is 56.3 Å². The molecule has 1 aliphatic rings. The summed E-state index contributed by atoms with van der Waals surface area (Å²) < 4.78 is 27.3. The molecule has 1 N–H and O–H groups in total. The van der Waals surface area contributed by atoms with Gasteiger partial charge < -0.3 is 10.2 Å². The molecule has 1 heterocycles. The number of hydrogen-bond acceptors (Lipinski definition) is 4. The summed E-state index contributed by atoms with van der Waals surface area (Å²) in [5, 5.41) is 3.11. The molecule has 150 valence electrons. The van der Waals surface area contributed by atoms with E-state index in [2.05, 4.69) is 11.9 Å². The van der Waals surface area contributed by atoms with Gasteiger partial charge in [-0.1, -0.05) is 24.6 Å².